The van der Waals surface area contributed by atoms with Crippen molar-refractivity contribution in [1.29, 1.82) is 0 Å². The normalized spacial score (nSPS) is 17.6. The van der Waals surface area contributed by atoms with Crippen molar-refractivity contribution in [3.63, 3.8) is 0 Å². The van der Waals surface area contributed by atoms with E-state index in [0.29, 0.717) is 6.04 Å². The molecule has 0 bridgehead atoms. The Morgan fingerprint density at radius 3 is 2.40 bits per heavy atom. The van der Waals surface area contributed by atoms with Gasteiger partial charge in [0.2, 0.25) is 0 Å². The van der Waals surface area contributed by atoms with Crippen LogP contribution in [0.15, 0.2) is 42.5 Å². The van der Waals surface area contributed by atoms with E-state index >= 15 is 0 Å². The van der Waals surface area contributed by atoms with Crippen molar-refractivity contribution in [2.24, 2.45) is 0 Å². The maximum atomic E-state index is 5.52. The van der Waals surface area contributed by atoms with E-state index in [9.17, 15) is 0 Å². The largest absolute Gasteiger partial charge is 0.493 e. The van der Waals surface area contributed by atoms with Crippen LogP contribution in [0.5, 0.6) is 11.5 Å². The number of rotatable bonds is 5. The minimum Gasteiger partial charge on any atom is -0.493 e. The van der Waals surface area contributed by atoms with Crippen LogP contribution in [0.4, 0.5) is 0 Å². The number of piperazine rings is 1. The van der Waals surface area contributed by atoms with Crippen LogP contribution in [0.3, 0.4) is 0 Å². The first-order chi connectivity index (χ1) is 11.7. The van der Waals surface area contributed by atoms with Gasteiger partial charge in [-0.15, -0.1) is 12.4 Å². The SMILES string of the molecule is COc1cc(CN2CCN[C@H](C)C2)c(-c2ccccc2)cc1OC.Cl. The molecule has 0 spiro atoms. The zero-order valence-electron chi connectivity index (χ0n) is 15.1. The zero-order valence-corrected chi connectivity index (χ0v) is 15.9. The van der Waals surface area contributed by atoms with E-state index in [1.807, 2.05) is 6.07 Å². The summed E-state index contributed by atoms with van der Waals surface area (Å²) in [6.07, 6.45) is 0. The Kier molecular flexibility index (Phi) is 7.12. The first kappa shape index (κ1) is 19.6. The van der Waals surface area contributed by atoms with Gasteiger partial charge in [0.1, 0.15) is 0 Å². The molecule has 4 nitrogen and oxygen atoms in total. The van der Waals surface area contributed by atoms with Crippen molar-refractivity contribution in [1.82, 2.24) is 10.2 Å². The van der Waals surface area contributed by atoms with Crippen LogP contribution in [0.2, 0.25) is 0 Å². The molecule has 1 heterocycles. The highest BCUT2D eigenvalue weighted by Crippen LogP contribution is 2.36. The molecule has 1 N–H and O–H groups in total. The van der Waals surface area contributed by atoms with Crippen LogP contribution >= 0.6 is 12.4 Å². The van der Waals surface area contributed by atoms with Gasteiger partial charge in [0.25, 0.3) is 0 Å². The fourth-order valence-corrected chi connectivity index (χ4v) is 3.34. The average molecular weight is 363 g/mol. The Morgan fingerprint density at radius 1 is 1.08 bits per heavy atom. The highest BCUT2D eigenvalue weighted by atomic mass is 35.5. The Labute approximate surface area is 156 Å². The molecule has 1 aliphatic rings. The lowest BCUT2D eigenvalue weighted by molar-refractivity contribution is 0.199. The number of nitrogens with zero attached hydrogens (tertiary/aromatic N) is 1. The van der Waals surface area contributed by atoms with E-state index in [1.54, 1.807) is 14.2 Å². The van der Waals surface area contributed by atoms with Gasteiger partial charge in [-0.1, -0.05) is 30.3 Å². The molecule has 0 unspecified atom stereocenters. The van der Waals surface area contributed by atoms with Crippen molar-refractivity contribution in [3.05, 3.63) is 48.0 Å². The van der Waals surface area contributed by atoms with E-state index < -0.39 is 0 Å². The topological polar surface area (TPSA) is 33.7 Å². The smallest absolute Gasteiger partial charge is 0.161 e. The molecule has 25 heavy (non-hydrogen) atoms. The summed E-state index contributed by atoms with van der Waals surface area (Å²) in [5.41, 5.74) is 3.68. The Morgan fingerprint density at radius 2 is 1.76 bits per heavy atom. The van der Waals surface area contributed by atoms with Gasteiger partial charge in [-0.05, 0) is 35.7 Å². The molecule has 3 rings (SSSR count). The van der Waals surface area contributed by atoms with Crippen molar-refractivity contribution >= 4 is 12.4 Å². The highest BCUT2D eigenvalue weighted by molar-refractivity contribution is 5.85. The van der Waals surface area contributed by atoms with Gasteiger partial charge in [0.05, 0.1) is 14.2 Å². The van der Waals surface area contributed by atoms with Crippen molar-refractivity contribution < 1.29 is 9.47 Å². The summed E-state index contributed by atoms with van der Waals surface area (Å²) in [7, 11) is 3.38. The van der Waals surface area contributed by atoms with Crippen LogP contribution in [0, 0.1) is 0 Å². The van der Waals surface area contributed by atoms with Gasteiger partial charge in [-0.25, -0.2) is 0 Å². The van der Waals surface area contributed by atoms with Crippen molar-refractivity contribution in [2.75, 3.05) is 33.9 Å². The summed E-state index contributed by atoms with van der Waals surface area (Å²) >= 11 is 0. The molecule has 1 atom stereocenters. The first-order valence-corrected chi connectivity index (χ1v) is 8.47. The third-order valence-electron chi connectivity index (χ3n) is 4.54. The fraction of sp³-hybridized carbons (Fsp3) is 0.400. The van der Waals surface area contributed by atoms with E-state index in [0.717, 1.165) is 37.7 Å². The predicted octanol–water partition coefficient (Wildman–Crippen LogP) is 3.59. The molecule has 1 saturated heterocycles. The molecule has 0 aromatic heterocycles. The number of nitrogens with one attached hydrogen (secondary N) is 1. The van der Waals surface area contributed by atoms with E-state index in [2.05, 4.69) is 53.5 Å². The third-order valence-corrected chi connectivity index (χ3v) is 4.54. The minimum absolute atomic E-state index is 0. The fourth-order valence-electron chi connectivity index (χ4n) is 3.34. The Hall–Kier alpha value is -1.75. The number of hydrogen-bond acceptors (Lipinski definition) is 4. The van der Waals surface area contributed by atoms with Gasteiger partial charge >= 0.3 is 0 Å². The van der Waals surface area contributed by atoms with Crippen LogP contribution in [0.1, 0.15) is 12.5 Å². The number of halogens is 1. The summed E-state index contributed by atoms with van der Waals surface area (Å²) in [6, 6.07) is 15.2. The molecule has 1 fully saturated rings. The Balaban J connectivity index is 0.00000225. The zero-order chi connectivity index (χ0) is 16.9. The van der Waals surface area contributed by atoms with Gasteiger partial charge in [-0.3, -0.25) is 4.90 Å². The summed E-state index contributed by atoms with van der Waals surface area (Å²) in [5.74, 6) is 1.56. The maximum absolute atomic E-state index is 5.52. The van der Waals surface area contributed by atoms with E-state index in [4.69, 9.17) is 9.47 Å². The predicted molar refractivity (Wildman–Crippen MR) is 105 cm³/mol. The molecule has 1 aliphatic heterocycles. The monoisotopic (exact) mass is 362 g/mol. The highest BCUT2D eigenvalue weighted by Gasteiger charge is 2.19. The Bertz CT molecular complexity index is 679. The van der Waals surface area contributed by atoms with E-state index in [-0.39, 0.29) is 12.4 Å². The molecule has 0 radical (unpaired) electrons. The molecule has 0 amide bonds. The maximum Gasteiger partial charge on any atom is 0.161 e. The second-order valence-corrected chi connectivity index (χ2v) is 6.32. The van der Waals surface area contributed by atoms with Crippen LogP contribution < -0.4 is 14.8 Å². The third kappa shape index (κ3) is 4.66. The average Bonchev–Trinajstić information content (AvgIpc) is 2.62. The molecule has 0 aliphatic carbocycles. The molecule has 136 valence electrons. The van der Waals surface area contributed by atoms with Crippen LogP contribution in [-0.4, -0.2) is 44.8 Å². The second kappa shape index (κ2) is 9.09. The molecule has 5 heteroatoms. The van der Waals surface area contributed by atoms with Crippen LogP contribution in [0.25, 0.3) is 11.1 Å². The molecule has 2 aromatic rings. The number of hydrogen-bond donors (Lipinski definition) is 1. The molecular formula is C20H27ClN2O2. The summed E-state index contributed by atoms with van der Waals surface area (Å²) < 4.78 is 11.0. The summed E-state index contributed by atoms with van der Waals surface area (Å²) in [6.45, 7) is 6.31. The standard InChI is InChI=1S/C20H26N2O2.ClH/c1-15-13-22(10-9-21-15)14-17-11-19(23-2)20(24-3)12-18(17)16-7-5-4-6-8-16;/h4-8,11-12,15,21H,9-10,13-14H2,1-3H3;1H/t15-;/m1./s1. The number of methoxy groups -OCH3 is 2. The summed E-state index contributed by atoms with van der Waals surface area (Å²) in [5, 5.41) is 3.50. The molecule has 0 saturated carbocycles. The second-order valence-electron chi connectivity index (χ2n) is 6.32. The van der Waals surface area contributed by atoms with Gasteiger partial charge in [-0.2, -0.15) is 0 Å². The first-order valence-electron chi connectivity index (χ1n) is 8.47. The summed E-state index contributed by atoms with van der Waals surface area (Å²) in [4.78, 5) is 2.49. The molecular weight excluding hydrogens is 336 g/mol. The number of benzene rings is 2. The van der Waals surface area contributed by atoms with Crippen LogP contribution in [-0.2, 0) is 6.54 Å². The van der Waals surface area contributed by atoms with Crippen molar-refractivity contribution in [3.8, 4) is 22.6 Å². The lowest BCUT2D eigenvalue weighted by Crippen LogP contribution is -2.48. The quantitative estimate of drug-likeness (QED) is 0.881. The molecule has 2 aromatic carbocycles. The lowest BCUT2D eigenvalue weighted by atomic mass is 9.98. The van der Waals surface area contributed by atoms with Crippen molar-refractivity contribution in [2.45, 2.75) is 19.5 Å². The number of ether oxygens (including phenoxy) is 2. The minimum atomic E-state index is 0. The van der Waals surface area contributed by atoms with Gasteiger partial charge in [0, 0.05) is 32.2 Å². The lowest BCUT2D eigenvalue weighted by Gasteiger charge is -2.32. The van der Waals surface area contributed by atoms with Gasteiger partial charge in [0.15, 0.2) is 11.5 Å². The van der Waals surface area contributed by atoms with Gasteiger partial charge < -0.3 is 14.8 Å². The van der Waals surface area contributed by atoms with E-state index in [1.165, 1.54) is 16.7 Å².